The van der Waals surface area contributed by atoms with Gasteiger partial charge in [0, 0.05) is 10.6 Å². The molecule has 2 aromatic carbocycles. The van der Waals surface area contributed by atoms with Gasteiger partial charge in [-0.15, -0.1) is 0 Å². The van der Waals surface area contributed by atoms with Gasteiger partial charge in [0.15, 0.2) is 0 Å². The second-order valence-electron chi connectivity index (χ2n) is 8.68. The van der Waals surface area contributed by atoms with Gasteiger partial charge in [0.05, 0.1) is 30.0 Å². The van der Waals surface area contributed by atoms with Crippen LogP contribution in [0.5, 0.6) is 0 Å². The van der Waals surface area contributed by atoms with Crippen molar-refractivity contribution in [2.75, 3.05) is 0 Å². The van der Waals surface area contributed by atoms with Crippen LogP contribution in [-0.4, -0.2) is 41.2 Å². The lowest BCUT2D eigenvalue weighted by molar-refractivity contribution is -0.155. The standard InChI is InChI=1S/C26H25ClN2O5/c1-14(2)33-25(31)20-21(26(32)34-15(3)4)23(24(30)16-9-11-18(27)12-10-16)29-22(20)19-8-6-5-7-17(19)13-28-29/h5-15,20,22H,1-4H3/t20-,22+/m0/s1. The average molecular weight is 481 g/mol. The van der Waals surface area contributed by atoms with Gasteiger partial charge in [-0.05, 0) is 63.1 Å². The van der Waals surface area contributed by atoms with Crippen LogP contribution in [-0.2, 0) is 19.1 Å². The van der Waals surface area contributed by atoms with Crippen molar-refractivity contribution in [1.82, 2.24) is 5.01 Å². The Labute approximate surface area is 203 Å². The first-order valence-electron chi connectivity index (χ1n) is 11.1. The van der Waals surface area contributed by atoms with Crippen LogP contribution in [0.25, 0.3) is 0 Å². The number of hydrogen-bond acceptors (Lipinski definition) is 7. The number of hydrazone groups is 1. The van der Waals surface area contributed by atoms with Crippen LogP contribution in [0.1, 0.15) is 55.2 Å². The molecule has 0 saturated heterocycles. The predicted octanol–water partition coefficient (Wildman–Crippen LogP) is 4.70. The molecule has 0 bridgehead atoms. The molecular weight excluding hydrogens is 456 g/mol. The van der Waals surface area contributed by atoms with Gasteiger partial charge < -0.3 is 9.47 Å². The SMILES string of the molecule is CC(C)OC(=O)C1=C(C(=O)c2ccc(Cl)cc2)N2N=Cc3ccccc3[C@@H]2[C@H]1C(=O)OC(C)C. The Kier molecular flexibility index (Phi) is 6.57. The molecule has 2 aliphatic heterocycles. The smallest absolute Gasteiger partial charge is 0.337 e. The topological polar surface area (TPSA) is 85.3 Å². The van der Waals surface area contributed by atoms with Crippen molar-refractivity contribution in [2.45, 2.75) is 45.9 Å². The summed E-state index contributed by atoms with van der Waals surface area (Å²) in [6, 6.07) is 13.0. The van der Waals surface area contributed by atoms with Crippen LogP contribution in [0.2, 0.25) is 5.02 Å². The average Bonchev–Trinajstić information content (AvgIpc) is 3.14. The first-order valence-corrected chi connectivity index (χ1v) is 11.4. The molecule has 0 spiro atoms. The molecule has 0 amide bonds. The van der Waals surface area contributed by atoms with Gasteiger partial charge >= 0.3 is 11.9 Å². The minimum atomic E-state index is -1.10. The number of hydrogen-bond donors (Lipinski definition) is 0. The highest BCUT2D eigenvalue weighted by Gasteiger charge is 2.53. The van der Waals surface area contributed by atoms with Crippen molar-refractivity contribution in [3.63, 3.8) is 0 Å². The molecule has 0 saturated carbocycles. The van der Waals surface area contributed by atoms with Gasteiger partial charge in [-0.1, -0.05) is 35.9 Å². The van der Waals surface area contributed by atoms with Crippen LogP contribution in [0, 0.1) is 5.92 Å². The van der Waals surface area contributed by atoms with Gasteiger partial charge in [0.25, 0.3) is 0 Å². The van der Waals surface area contributed by atoms with Crippen molar-refractivity contribution >= 4 is 35.5 Å². The van der Waals surface area contributed by atoms with Crippen LogP contribution < -0.4 is 0 Å². The fourth-order valence-electron chi connectivity index (χ4n) is 4.19. The Hall–Kier alpha value is -3.45. The van der Waals surface area contributed by atoms with E-state index in [-0.39, 0.29) is 11.3 Å². The summed E-state index contributed by atoms with van der Waals surface area (Å²) >= 11 is 6.00. The zero-order valence-corrected chi connectivity index (χ0v) is 20.1. The quantitative estimate of drug-likeness (QED) is 0.440. The van der Waals surface area contributed by atoms with Crippen molar-refractivity contribution in [3.05, 3.63) is 81.5 Å². The van der Waals surface area contributed by atoms with E-state index < -0.39 is 41.9 Å². The zero-order chi connectivity index (χ0) is 24.6. The maximum atomic E-state index is 13.7. The summed E-state index contributed by atoms with van der Waals surface area (Å²) in [6.45, 7) is 6.87. The molecule has 2 heterocycles. The Balaban J connectivity index is 1.93. The first-order chi connectivity index (χ1) is 16.2. The van der Waals surface area contributed by atoms with E-state index in [0.29, 0.717) is 10.6 Å². The largest absolute Gasteiger partial charge is 0.462 e. The highest BCUT2D eigenvalue weighted by Crippen LogP contribution is 2.48. The number of fused-ring (bicyclic) bond motifs is 3. The van der Waals surface area contributed by atoms with Crippen LogP contribution in [0.4, 0.5) is 0 Å². The van der Waals surface area contributed by atoms with Gasteiger partial charge in [-0.2, -0.15) is 5.10 Å². The number of esters is 2. The molecule has 34 heavy (non-hydrogen) atoms. The maximum absolute atomic E-state index is 13.7. The molecule has 0 unspecified atom stereocenters. The Morgan fingerprint density at radius 3 is 2.24 bits per heavy atom. The van der Waals surface area contributed by atoms with Gasteiger partial charge in [-0.3, -0.25) is 14.6 Å². The fourth-order valence-corrected chi connectivity index (χ4v) is 4.32. The molecule has 8 heteroatoms. The maximum Gasteiger partial charge on any atom is 0.337 e. The number of allylic oxidation sites excluding steroid dienone is 1. The summed E-state index contributed by atoms with van der Waals surface area (Å²) in [5.41, 5.74) is 1.80. The molecule has 2 aromatic rings. The van der Waals surface area contributed by atoms with E-state index >= 15 is 0 Å². The molecule has 2 atom stereocenters. The van der Waals surface area contributed by atoms with Crippen molar-refractivity contribution in [1.29, 1.82) is 0 Å². The van der Waals surface area contributed by atoms with Crippen molar-refractivity contribution in [2.24, 2.45) is 11.0 Å². The normalized spacial score (nSPS) is 18.7. The summed E-state index contributed by atoms with van der Waals surface area (Å²) in [5, 5.41) is 6.41. The Morgan fingerprint density at radius 2 is 1.59 bits per heavy atom. The Bertz CT molecular complexity index is 1200. The zero-order valence-electron chi connectivity index (χ0n) is 19.3. The number of rotatable bonds is 6. The summed E-state index contributed by atoms with van der Waals surface area (Å²) in [6.07, 6.45) is 0.742. The first kappa shape index (κ1) is 23.7. The minimum absolute atomic E-state index is 0.00516. The van der Waals surface area contributed by atoms with Gasteiger partial charge in [-0.25, -0.2) is 4.79 Å². The van der Waals surface area contributed by atoms with Crippen molar-refractivity contribution in [3.8, 4) is 0 Å². The number of carbonyl (C=O) groups excluding carboxylic acids is 3. The van der Waals surface area contributed by atoms with Crippen LogP contribution in [0.15, 0.2) is 64.9 Å². The number of ether oxygens (including phenoxy) is 2. The Morgan fingerprint density at radius 1 is 0.941 bits per heavy atom. The molecule has 2 aliphatic rings. The monoisotopic (exact) mass is 480 g/mol. The predicted molar refractivity (Wildman–Crippen MR) is 127 cm³/mol. The molecular formula is C26H25ClN2O5. The van der Waals surface area contributed by atoms with Crippen LogP contribution >= 0.6 is 11.6 Å². The highest BCUT2D eigenvalue weighted by atomic mass is 35.5. The number of carbonyl (C=O) groups is 3. The molecule has 4 rings (SSSR count). The summed E-state index contributed by atoms with van der Waals surface area (Å²) in [7, 11) is 0. The number of halogens is 1. The molecule has 0 aliphatic carbocycles. The fraction of sp³-hybridized carbons (Fsp3) is 0.308. The molecule has 0 N–H and O–H groups in total. The van der Waals surface area contributed by atoms with E-state index in [0.717, 1.165) is 11.1 Å². The van der Waals surface area contributed by atoms with Gasteiger partial charge in [0.1, 0.15) is 11.6 Å². The third-order valence-electron chi connectivity index (χ3n) is 5.50. The molecule has 0 aromatic heterocycles. The van der Waals surface area contributed by atoms with E-state index in [1.165, 1.54) is 5.01 Å². The van der Waals surface area contributed by atoms with E-state index in [2.05, 4.69) is 5.10 Å². The lowest BCUT2D eigenvalue weighted by Gasteiger charge is -2.31. The van der Waals surface area contributed by atoms with Gasteiger partial charge in [0.2, 0.25) is 5.78 Å². The van der Waals surface area contributed by atoms with Crippen LogP contribution in [0.3, 0.4) is 0 Å². The highest BCUT2D eigenvalue weighted by molar-refractivity contribution is 6.30. The van der Waals surface area contributed by atoms with E-state index in [4.69, 9.17) is 21.1 Å². The molecule has 7 nitrogen and oxygen atoms in total. The van der Waals surface area contributed by atoms with E-state index in [9.17, 15) is 14.4 Å². The number of ketones is 1. The number of benzene rings is 2. The molecule has 0 fully saturated rings. The number of nitrogens with zero attached hydrogens (tertiary/aromatic N) is 2. The molecule has 176 valence electrons. The third kappa shape index (κ3) is 4.35. The second kappa shape index (κ2) is 9.43. The summed E-state index contributed by atoms with van der Waals surface area (Å²) in [5.74, 6) is -2.93. The van der Waals surface area contributed by atoms with E-state index in [1.807, 2.05) is 24.3 Å². The summed E-state index contributed by atoms with van der Waals surface area (Å²) < 4.78 is 11.0. The van der Waals surface area contributed by atoms with E-state index in [1.54, 1.807) is 58.2 Å². The second-order valence-corrected chi connectivity index (χ2v) is 9.12. The minimum Gasteiger partial charge on any atom is -0.462 e. The lowest BCUT2D eigenvalue weighted by atomic mass is 9.86. The molecule has 0 radical (unpaired) electrons. The lowest BCUT2D eigenvalue weighted by Crippen LogP contribution is -2.34. The summed E-state index contributed by atoms with van der Waals surface area (Å²) in [4.78, 5) is 40.5. The van der Waals surface area contributed by atoms with Crippen molar-refractivity contribution < 1.29 is 23.9 Å². The third-order valence-corrected chi connectivity index (χ3v) is 5.75. The number of Topliss-reactive ketones (excluding diaryl/α,β-unsaturated/α-hetero) is 1.